The Hall–Kier alpha value is -1.97. The van der Waals surface area contributed by atoms with Gasteiger partial charge in [-0.1, -0.05) is 22.9 Å². The number of nitrogens with one attached hydrogen (secondary N) is 1. The van der Waals surface area contributed by atoms with Crippen molar-refractivity contribution < 1.29 is 13.2 Å². The smallest absolute Gasteiger partial charge is 0.278 e. The summed E-state index contributed by atoms with van der Waals surface area (Å²) in [5, 5.41) is 8.59. The summed E-state index contributed by atoms with van der Waals surface area (Å²) in [7, 11) is -3.03. The second kappa shape index (κ2) is 7.07. The lowest BCUT2D eigenvalue weighted by Crippen LogP contribution is -2.17. The van der Waals surface area contributed by atoms with Gasteiger partial charge in [0.25, 0.3) is 5.91 Å². The lowest BCUT2D eigenvalue weighted by molar-refractivity contribution is 0.102. The highest BCUT2D eigenvalue weighted by atomic mass is 35.5. The van der Waals surface area contributed by atoms with E-state index in [0.29, 0.717) is 22.3 Å². The SMILES string of the molecule is O=C(Nc1nc2ccc(Cl)cc2s1)c1nn(C2CCS(=O)(=O)C2)c2c1CCCC2. The van der Waals surface area contributed by atoms with Crippen molar-refractivity contribution in [1.29, 1.82) is 0 Å². The van der Waals surface area contributed by atoms with Crippen molar-refractivity contribution in [2.45, 2.75) is 38.1 Å². The first-order valence-electron chi connectivity index (χ1n) is 9.58. The van der Waals surface area contributed by atoms with Crippen LogP contribution >= 0.6 is 22.9 Å². The Balaban J connectivity index is 1.47. The number of fused-ring (bicyclic) bond motifs is 2. The summed E-state index contributed by atoms with van der Waals surface area (Å²) in [6.45, 7) is 0. The van der Waals surface area contributed by atoms with Gasteiger partial charge in [-0.25, -0.2) is 13.4 Å². The van der Waals surface area contributed by atoms with Gasteiger partial charge in [-0.05, 0) is 50.3 Å². The van der Waals surface area contributed by atoms with Gasteiger partial charge in [-0.3, -0.25) is 14.8 Å². The fourth-order valence-electron chi connectivity index (χ4n) is 4.19. The van der Waals surface area contributed by atoms with Gasteiger partial charge in [0.15, 0.2) is 20.7 Å². The second-order valence-electron chi connectivity index (χ2n) is 7.57. The third-order valence-corrected chi connectivity index (χ3v) is 8.47. The number of halogens is 1. The minimum atomic E-state index is -3.03. The molecule has 1 amide bonds. The first-order chi connectivity index (χ1) is 13.9. The Morgan fingerprint density at radius 3 is 2.90 bits per heavy atom. The number of nitrogens with zero attached hydrogens (tertiary/aromatic N) is 3. The third kappa shape index (κ3) is 3.55. The molecule has 1 fully saturated rings. The van der Waals surface area contributed by atoms with Crippen molar-refractivity contribution in [3.8, 4) is 0 Å². The number of sulfone groups is 1. The average Bonchev–Trinajstić information content (AvgIpc) is 3.35. The van der Waals surface area contributed by atoms with Gasteiger partial charge >= 0.3 is 0 Å². The molecule has 7 nitrogen and oxygen atoms in total. The van der Waals surface area contributed by atoms with Gasteiger partial charge in [0.2, 0.25) is 0 Å². The van der Waals surface area contributed by atoms with Crippen LogP contribution in [0.3, 0.4) is 0 Å². The highest BCUT2D eigenvalue weighted by molar-refractivity contribution is 7.91. The molecular formula is C19H19ClN4O3S2. The summed E-state index contributed by atoms with van der Waals surface area (Å²) >= 11 is 7.39. The Morgan fingerprint density at radius 1 is 1.28 bits per heavy atom. The minimum Gasteiger partial charge on any atom is -0.296 e. The molecule has 1 unspecified atom stereocenters. The number of hydrogen-bond acceptors (Lipinski definition) is 6. The summed E-state index contributed by atoms with van der Waals surface area (Å²) in [6, 6.07) is 5.23. The molecule has 0 spiro atoms. The number of benzene rings is 1. The Kier molecular flexibility index (Phi) is 4.64. The molecule has 5 rings (SSSR count). The van der Waals surface area contributed by atoms with E-state index < -0.39 is 9.84 Å². The van der Waals surface area contributed by atoms with Crippen LogP contribution in [0, 0.1) is 0 Å². The zero-order chi connectivity index (χ0) is 20.2. The van der Waals surface area contributed by atoms with Crippen molar-refractivity contribution in [2.75, 3.05) is 16.8 Å². The molecule has 1 atom stereocenters. The number of amides is 1. The number of anilines is 1. The van der Waals surface area contributed by atoms with Crippen molar-refractivity contribution in [3.05, 3.63) is 40.2 Å². The molecular weight excluding hydrogens is 432 g/mol. The highest BCUT2D eigenvalue weighted by Crippen LogP contribution is 2.33. The van der Waals surface area contributed by atoms with Crippen LogP contribution < -0.4 is 5.32 Å². The fourth-order valence-corrected chi connectivity index (χ4v) is 7.02. The van der Waals surface area contributed by atoms with Crippen LogP contribution in [0.25, 0.3) is 10.2 Å². The average molecular weight is 451 g/mol. The first kappa shape index (κ1) is 19.0. The topological polar surface area (TPSA) is 93.9 Å². The summed E-state index contributed by atoms with van der Waals surface area (Å²) < 4.78 is 26.6. The zero-order valence-electron chi connectivity index (χ0n) is 15.5. The summed E-state index contributed by atoms with van der Waals surface area (Å²) in [6.07, 6.45) is 4.19. The summed E-state index contributed by atoms with van der Waals surface area (Å²) in [5.41, 5.74) is 3.13. The molecule has 1 aromatic carbocycles. The molecule has 152 valence electrons. The van der Waals surface area contributed by atoms with Gasteiger partial charge in [0.1, 0.15) is 0 Å². The van der Waals surface area contributed by atoms with Gasteiger partial charge in [-0.15, -0.1) is 0 Å². The summed E-state index contributed by atoms with van der Waals surface area (Å²) in [4.78, 5) is 17.5. The standard InChI is InChI=1S/C19H19ClN4O3S2/c20-11-5-6-14-16(9-11)28-19(21-14)22-18(25)17-13-3-1-2-4-15(13)24(23-17)12-7-8-29(26,27)10-12/h5-6,9,12H,1-4,7-8,10H2,(H,21,22,25). The number of carbonyl (C=O) groups is 1. The molecule has 1 aliphatic heterocycles. The van der Waals surface area contributed by atoms with Crippen LogP contribution in [0.5, 0.6) is 0 Å². The molecule has 2 aromatic heterocycles. The van der Waals surface area contributed by atoms with E-state index in [1.165, 1.54) is 11.3 Å². The van der Waals surface area contributed by atoms with Gasteiger partial charge in [0, 0.05) is 16.3 Å². The van der Waals surface area contributed by atoms with E-state index in [0.717, 1.165) is 47.2 Å². The summed E-state index contributed by atoms with van der Waals surface area (Å²) in [5.74, 6) is -0.0176. The normalized spacial score (nSPS) is 20.7. The molecule has 2 aliphatic rings. The largest absolute Gasteiger partial charge is 0.296 e. The number of carbonyl (C=O) groups excluding carboxylic acids is 1. The van der Waals surface area contributed by atoms with E-state index in [-0.39, 0.29) is 23.5 Å². The maximum atomic E-state index is 13.0. The quantitative estimate of drug-likeness (QED) is 0.657. The molecule has 0 radical (unpaired) electrons. The van der Waals surface area contributed by atoms with Crippen LogP contribution in [0.2, 0.25) is 5.02 Å². The van der Waals surface area contributed by atoms with Crippen LogP contribution in [0.1, 0.15) is 47.1 Å². The second-order valence-corrected chi connectivity index (χ2v) is 11.3. The monoisotopic (exact) mass is 450 g/mol. The molecule has 3 heterocycles. The molecule has 1 aliphatic carbocycles. The Morgan fingerprint density at radius 2 is 2.10 bits per heavy atom. The van der Waals surface area contributed by atoms with Crippen molar-refractivity contribution in [3.63, 3.8) is 0 Å². The number of rotatable bonds is 3. The molecule has 10 heteroatoms. The third-order valence-electron chi connectivity index (χ3n) is 5.55. The van der Waals surface area contributed by atoms with Gasteiger partial charge in [-0.2, -0.15) is 5.10 Å². The molecule has 1 N–H and O–H groups in total. The van der Waals surface area contributed by atoms with Crippen molar-refractivity contribution >= 4 is 54.0 Å². The zero-order valence-corrected chi connectivity index (χ0v) is 17.9. The maximum absolute atomic E-state index is 13.0. The van der Waals surface area contributed by atoms with E-state index >= 15 is 0 Å². The lowest BCUT2D eigenvalue weighted by atomic mass is 9.95. The molecule has 0 bridgehead atoms. The van der Waals surface area contributed by atoms with Crippen molar-refractivity contribution in [1.82, 2.24) is 14.8 Å². The van der Waals surface area contributed by atoms with Crippen LogP contribution in [-0.2, 0) is 22.7 Å². The lowest BCUT2D eigenvalue weighted by Gasteiger charge is -2.17. The van der Waals surface area contributed by atoms with Crippen LogP contribution in [0.4, 0.5) is 5.13 Å². The van der Waals surface area contributed by atoms with E-state index in [1.807, 2.05) is 16.8 Å². The van der Waals surface area contributed by atoms with E-state index in [4.69, 9.17) is 11.6 Å². The predicted octanol–water partition coefficient (Wildman–Crippen LogP) is 3.64. The van der Waals surface area contributed by atoms with E-state index in [1.54, 1.807) is 6.07 Å². The minimum absolute atomic E-state index is 0.0980. The van der Waals surface area contributed by atoms with Gasteiger partial charge in [0.05, 0.1) is 27.8 Å². The molecule has 3 aromatic rings. The molecule has 29 heavy (non-hydrogen) atoms. The number of aromatic nitrogens is 3. The van der Waals surface area contributed by atoms with E-state index in [9.17, 15) is 13.2 Å². The van der Waals surface area contributed by atoms with E-state index in [2.05, 4.69) is 15.4 Å². The Bertz CT molecular complexity index is 1230. The van der Waals surface area contributed by atoms with Crippen molar-refractivity contribution in [2.24, 2.45) is 0 Å². The molecule has 0 saturated carbocycles. The maximum Gasteiger partial charge on any atom is 0.278 e. The Labute approximate surface area is 177 Å². The first-order valence-corrected chi connectivity index (χ1v) is 12.6. The van der Waals surface area contributed by atoms with Crippen LogP contribution in [-0.4, -0.2) is 40.6 Å². The molecule has 1 saturated heterocycles. The fraction of sp³-hybridized carbons (Fsp3) is 0.421. The predicted molar refractivity (Wildman–Crippen MR) is 114 cm³/mol. The number of hydrogen-bond donors (Lipinski definition) is 1. The van der Waals surface area contributed by atoms with Gasteiger partial charge < -0.3 is 0 Å². The van der Waals surface area contributed by atoms with Crippen LogP contribution in [0.15, 0.2) is 18.2 Å². The number of thiazole rings is 1. The highest BCUT2D eigenvalue weighted by Gasteiger charge is 2.34.